The average Bonchev–Trinajstić information content (AvgIpc) is 2.41. The minimum absolute atomic E-state index is 0.268. The number of benzene rings is 1. The highest BCUT2D eigenvalue weighted by atomic mass is 32.2. The smallest absolute Gasteiger partial charge is 0.242 e. The van der Waals surface area contributed by atoms with Gasteiger partial charge in [-0.25, -0.2) is 12.7 Å². The van der Waals surface area contributed by atoms with Crippen LogP contribution in [0.15, 0.2) is 29.2 Å². The number of hydrogen-bond donors (Lipinski definition) is 1. The second kappa shape index (κ2) is 6.24. The van der Waals surface area contributed by atoms with Crippen molar-refractivity contribution in [2.45, 2.75) is 43.6 Å². The van der Waals surface area contributed by atoms with Gasteiger partial charge in [-0.3, -0.25) is 0 Å². The molecule has 1 unspecified atom stereocenters. The van der Waals surface area contributed by atoms with Crippen LogP contribution in [-0.2, 0) is 10.0 Å². The molecule has 1 N–H and O–H groups in total. The first kappa shape index (κ1) is 15.5. The van der Waals surface area contributed by atoms with Gasteiger partial charge in [-0.1, -0.05) is 25.5 Å². The Morgan fingerprint density at radius 1 is 1.40 bits per heavy atom. The van der Waals surface area contributed by atoms with Crippen molar-refractivity contribution in [2.24, 2.45) is 5.92 Å². The van der Waals surface area contributed by atoms with Crippen LogP contribution in [0.3, 0.4) is 0 Å². The predicted molar refractivity (Wildman–Crippen MR) is 78.8 cm³/mol. The Morgan fingerprint density at radius 3 is 2.65 bits per heavy atom. The maximum Gasteiger partial charge on any atom is 0.242 e. The summed E-state index contributed by atoms with van der Waals surface area (Å²) in [6.45, 7) is 2.46. The van der Waals surface area contributed by atoms with Crippen molar-refractivity contribution in [3.8, 4) is 0 Å². The van der Waals surface area contributed by atoms with Crippen LogP contribution in [0.1, 0.15) is 44.3 Å². The molecule has 1 aromatic rings. The third-order valence-electron chi connectivity index (χ3n) is 4.08. The zero-order valence-corrected chi connectivity index (χ0v) is 12.9. The molecule has 2 rings (SSSR count). The van der Waals surface area contributed by atoms with Gasteiger partial charge in [0, 0.05) is 13.6 Å². The summed E-state index contributed by atoms with van der Waals surface area (Å²) in [5.74, 6) is 0.499. The first-order chi connectivity index (χ1) is 9.45. The van der Waals surface area contributed by atoms with E-state index >= 15 is 0 Å². The SMILES string of the molecule is CCC(O)c1cccc(S(=O)(=O)N(C)CC2CCC2)c1. The normalized spacial score (nSPS) is 18.0. The van der Waals surface area contributed by atoms with Gasteiger partial charge in [0.2, 0.25) is 10.0 Å². The summed E-state index contributed by atoms with van der Waals surface area (Å²) in [5.41, 5.74) is 0.658. The van der Waals surface area contributed by atoms with E-state index in [9.17, 15) is 13.5 Å². The Morgan fingerprint density at radius 2 is 2.10 bits per heavy atom. The zero-order valence-electron chi connectivity index (χ0n) is 12.1. The minimum atomic E-state index is -3.45. The molecule has 1 aliphatic carbocycles. The van der Waals surface area contributed by atoms with Gasteiger partial charge in [0.1, 0.15) is 0 Å². The van der Waals surface area contributed by atoms with E-state index in [0.717, 1.165) is 12.8 Å². The standard InChI is InChI=1S/C15H23NO3S/c1-3-15(17)13-8-5-9-14(10-13)20(18,19)16(2)11-12-6-4-7-12/h5,8-10,12,15,17H,3-4,6-7,11H2,1-2H3. The lowest BCUT2D eigenvalue weighted by Crippen LogP contribution is -2.34. The fourth-order valence-corrected chi connectivity index (χ4v) is 3.74. The topological polar surface area (TPSA) is 57.6 Å². The van der Waals surface area contributed by atoms with Gasteiger partial charge in [0.25, 0.3) is 0 Å². The average molecular weight is 297 g/mol. The van der Waals surface area contributed by atoms with Crippen molar-refractivity contribution >= 4 is 10.0 Å². The zero-order chi connectivity index (χ0) is 14.8. The first-order valence-corrected chi connectivity index (χ1v) is 8.63. The third-order valence-corrected chi connectivity index (χ3v) is 5.90. The lowest BCUT2D eigenvalue weighted by Gasteiger charge is -2.29. The summed E-state index contributed by atoms with van der Waals surface area (Å²) >= 11 is 0. The van der Waals surface area contributed by atoms with Crippen LogP contribution < -0.4 is 0 Å². The molecule has 1 aromatic carbocycles. The fourth-order valence-electron chi connectivity index (χ4n) is 2.44. The summed E-state index contributed by atoms with van der Waals surface area (Å²) in [5, 5.41) is 9.84. The van der Waals surface area contributed by atoms with Gasteiger partial charge in [-0.15, -0.1) is 0 Å². The van der Waals surface area contributed by atoms with Crippen molar-refractivity contribution in [1.82, 2.24) is 4.31 Å². The molecular weight excluding hydrogens is 274 g/mol. The highest BCUT2D eigenvalue weighted by Crippen LogP contribution is 2.29. The van der Waals surface area contributed by atoms with E-state index in [-0.39, 0.29) is 4.90 Å². The molecule has 0 bridgehead atoms. The molecule has 0 aromatic heterocycles. The Bertz CT molecular complexity index is 552. The van der Waals surface area contributed by atoms with Crippen molar-refractivity contribution in [1.29, 1.82) is 0 Å². The number of sulfonamides is 1. The van der Waals surface area contributed by atoms with E-state index in [0.29, 0.717) is 24.4 Å². The third kappa shape index (κ3) is 3.22. The van der Waals surface area contributed by atoms with Crippen molar-refractivity contribution < 1.29 is 13.5 Å². The number of rotatable bonds is 6. The van der Waals surface area contributed by atoms with Crippen molar-refractivity contribution in [3.63, 3.8) is 0 Å². The highest BCUT2D eigenvalue weighted by Gasteiger charge is 2.27. The molecule has 1 atom stereocenters. The van der Waals surface area contributed by atoms with Crippen LogP contribution in [0.4, 0.5) is 0 Å². The summed E-state index contributed by atoms with van der Waals surface area (Å²) in [6.07, 6.45) is 3.41. The van der Waals surface area contributed by atoms with Crippen molar-refractivity contribution in [2.75, 3.05) is 13.6 Å². The number of aliphatic hydroxyl groups excluding tert-OH is 1. The summed E-state index contributed by atoms with van der Waals surface area (Å²) in [4.78, 5) is 0.268. The first-order valence-electron chi connectivity index (χ1n) is 7.19. The Labute approximate surface area is 121 Å². The van der Waals surface area contributed by atoms with E-state index in [4.69, 9.17) is 0 Å². The molecule has 4 nitrogen and oxygen atoms in total. The highest BCUT2D eigenvalue weighted by molar-refractivity contribution is 7.89. The Hall–Kier alpha value is -0.910. The molecule has 0 spiro atoms. The number of nitrogens with zero attached hydrogens (tertiary/aromatic N) is 1. The molecule has 1 fully saturated rings. The van der Waals surface area contributed by atoms with Gasteiger partial charge >= 0.3 is 0 Å². The molecule has 1 aliphatic rings. The van der Waals surface area contributed by atoms with E-state index in [1.807, 2.05) is 6.92 Å². The second-order valence-electron chi connectivity index (χ2n) is 5.58. The second-order valence-corrected chi connectivity index (χ2v) is 7.62. The molecular formula is C15H23NO3S. The molecule has 1 saturated carbocycles. The van der Waals surface area contributed by atoms with Crippen LogP contribution in [0, 0.1) is 5.92 Å². The lowest BCUT2D eigenvalue weighted by atomic mass is 9.86. The van der Waals surface area contributed by atoms with Crippen LogP contribution in [0.2, 0.25) is 0 Å². The van der Waals surface area contributed by atoms with Gasteiger partial charge < -0.3 is 5.11 Å². The van der Waals surface area contributed by atoms with Crippen LogP contribution in [0.25, 0.3) is 0 Å². The van der Waals surface area contributed by atoms with Crippen LogP contribution >= 0.6 is 0 Å². The van der Waals surface area contributed by atoms with E-state index in [2.05, 4.69) is 0 Å². The summed E-state index contributed by atoms with van der Waals surface area (Å²) in [7, 11) is -1.82. The van der Waals surface area contributed by atoms with Gasteiger partial charge in [-0.05, 0) is 42.9 Å². The predicted octanol–water partition coefficient (Wildman–Crippen LogP) is 2.55. The minimum Gasteiger partial charge on any atom is -0.388 e. The van der Waals surface area contributed by atoms with E-state index in [1.54, 1.807) is 31.3 Å². The Kier molecular flexibility index (Phi) is 4.83. The lowest BCUT2D eigenvalue weighted by molar-refractivity contribution is 0.173. The van der Waals surface area contributed by atoms with Crippen molar-refractivity contribution in [3.05, 3.63) is 29.8 Å². The van der Waals surface area contributed by atoms with E-state index < -0.39 is 16.1 Å². The fraction of sp³-hybridized carbons (Fsp3) is 0.600. The summed E-state index contributed by atoms with van der Waals surface area (Å²) in [6, 6.07) is 6.64. The van der Waals surface area contributed by atoms with E-state index in [1.165, 1.54) is 10.7 Å². The molecule has 0 radical (unpaired) electrons. The monoisotopic (exact) mass is 297 g/mol. The van der Waals surface area contributed by atoms with Gasteiger partial charge in [-0.2, -0.15) is 0 Å². The molecule has 5 heteroatoms. The number of aliphatic hydroxyl groups is 1. The van der Waals surface area contributed by atoms with Crippen LogP contribution in [0.5, 0.6) is 0 Å². The molecule has 0 amide bonds. The Balaban J connectivity index is 2.19. The quantitative estimate of drug-likeness (QED) is 0.878. The number of hydrogen-bond acceptors (Lipinski definition) is 3. The van der Waals surface area contributed by atoms with Gasteiger partial charge in [0.15, 0.2) is 0 Å². The maximum atomic E-state index is 12.5. The molecule has 20 heavy (non-hydrogen) atoms. The molecule has 112 valence electrons. The maximum absolute atomic E-state index is 12.5. The molecule has 0 saturated heterocycles. The van der Waals surface area contributed by atoms with Gasteiger partial charge in [0.05, 0.1) is 11.0 Å². The van der Waals surface area contributed by atoms with Crippen LogP contribution in [-0.4, -0.2) is 31.4 Å². The molecule has 0 heterocycles. The largest absolute Gasteiger partial charge is 0.388 e. The summed E-state index contributed by atoms with van der Waals surface area (Å²) < 4.78 is 26.5. The molecule has 0 aliphatic heterocycles.